The molecule has 8 nitrogen and oxygen atoms in total. The van der Waals surface area contributed by atoms with Crippen LogP contribution in [0.4, 0.5) is 5.69 Å². The highest BCUT2D eigenvalue weighted by molar-refractivity contribution is 5.90. The number of rotatable bonds is 5. The van der Waals surface area contributed by atoms with Crippen LogP contribution in [0.5, 0.6) is 17.2 Å². The van der Waals surface area contributed by atoms with Crippen molar-refractivity contribution in [2.24, 2.45) is 5.73 Å². The van der Waals surface area contributed by atoms with Crippen LogP contribution in [0.15, 0.2) is 36.4 Å². The van der Waals surface area contributed by atoms with E-state index in [0.717, 1.165) is 0 Å². The van der Waals surface area contributed by atoms with Crippen LogP contribution in [-0.4, -0.2) is 28.8 Å². The molecular formula is C18H18N2O6. The van der Waals surface area contributed by atoms with Crippen LogP contribution in [0.1, 0.15) is 30.1 Å². The predicted octanol–water partition coefficient (Wildman–Crippen LogP) is 1.73. The summed E-state index contributed by atoms with van der Waals surface area (Å²) in [5.41, 5.74) is 6.52. The summed E-state index contributed by atoms with van der Waals surface area (Å²) in [5, 5.41) is 23.1. The third-order valence-electron chi connectivity index (χ3n) is 4.01. The monoisotopic (exact) mass is 358 g/mol. The van der Waals surface area contributed by atoms with E-state index in [2.05, 4.69) is 5.32 Å². The lowest BCUT2D eigenvalue weighted by molar-refractivity contribution is -0.144. The quantitative estimate of drug-likeness (QED) is 0.469. The largest absolute Gasteiger partial charge is 0.507 e. The van der Waals surface area contributed by atoms with Crippen LogP contribution < -0.4 is 15.8 Å². The van der Waals surface area contributed by atoms with Gasteiger partial charge in [-0.3, -0.25) is 0 Å². The number of benzene rings is 2. The summed E-state index contributed by atoms with van der Waals surface area (Å²) < 4.78 is 10.2. The topological polar surface area (TPSA) is 131 Å². The standard InChI is InChI=1S/C18H18N2O6/c1-2-25-18(24)15(13-11(21)7-4-8-12(13)22)20-10-6-3-5-9-14(19)17(23)26-16(9)10/h3-8,14-15,20-22H,2,19H2,1H3. The van der Waals surface area contributed by atoms with Crippen molar-refractivity contribution in [2.75, 3.05) is 11.9 Å². The van der Waals surface area contributed by atoms with Crippen LogP contribution in [0, 0.1) is 0 Å². The Morgan fingerprint density at radius 1 is 1.27 bits per heavy atom. The number of phenols is 2. The molecule has 0 fully saturated rings. The number of fused-ring (bicyclic) bond motifs is 1. The molecule has 5 N–H and O–H groups in total. The van der Waals surface area contributed by atoms with E-state index in [1.807, 2.05) is 0 Å². The van der Waals surface area contributed by atoms with Crippen molar-refractivity contribution in [3.63, 3.8) is 0 Å². The zero-order valence-electron chi connectivity index (χ0n) is 13.9. The van der Waals surface area contributed by atoms with Gasteiger partial charge in [0.1, 0.15) is 17.5 Å². The van der Waals surface area contributed by atoms with Gasteiger partial charge in [0.2, 0.25) is 0 Å². The van der Waals surface area contributed by atoms with E-state index < -0.39 is 24.0 Å². The Labute approximate surface area is 149 Å². The lowest BCUT2D eigenvalue weighted by atomic mass is 10.0. The highest BCUT2D eigenvalue weighted by Gasteiger charge is 2.34. The van der Waals surface area contributed by atoms with E-state index in [1.54, 1.807) is 25.1 Å². The molecule has 2 atom stereocenters. The molecule has 0 spiro atoms. The van der Waals surface area contributed by atoms with Gasteiger partial charge in [0, 0.05) is 5.56 Å². The number of esters is 2. The Kier molecular flexibility index (Phi) is 4.68. The molecule has 1 aliphatic rings. The van der Waals surface area contributed by atoms with E-state index in [0.29, 0.717) is 11.3 Å². The smallest absolute Gasteiger partial charge is 0.333 e. The first kappa shape index (κ1) is 17.6. The fourth-order valence-electron chi connectivity index (χ4n) is 2.79. The molecule has 0 aliphatic carbocycles. The molecule has 8 heteroatoms. The summed E-state index contributed by atoms with van der Waals surface area (Å²) in [6.45, 7) is 1.75. The summed E-state index contributed by atoms with van der Waals surface area (Å²) in [4.78, 5) is 24.2. The number of para-hydroxylation sites is 1. The maximum atomic E-state index is 12.4. The number of hydrogen-bond donors (Lipinski definition) is 4. The van der Waals surface area contributed by atoms with Gasteiger partial charge in [0.05, 0.1) is 17.9 Å². The summed E-state index contributed by atoms with van der Waals surface area (Å²) in [5.74, 6) is -1.68. The molecule has 0 radical (unpaired) electrons. The summed E-state index contributed by atoms with van der Waals surface area (Å²) in [7, 11) is 0. The second-order valence-corrected chi connectivity index (χ2v) is 5.66. The second kappa shape index (κ2) is 6.93. The maximum Gasteiger partial charge on any atom is 0.333 e. The predicted molar refractivity (Wildman–Crippen MR) is 91.8 cm³/mol. The Morgan fingerprint density at radius 3 is 2.58 bits per heavy atom. The van der Waals surface area contributed by atoms with Gasteiger partial charge in [-0.2, -0.15) is 0 Å². The molecule has 2 aromatic carbocycles. The van der Waals surface area contributed by atoms with Crippen molar-refractivity contribution in [3.8, 4) is 17.2 Å². The highest BCUT2D eigenvalue weighted by Crippen LogP contribution is 2.42. The molecule has 1 heterocycles. The van der Waals surface area contributed by atoms with Gasteiger partial charge in [0.25, 0.3) is 0 Å². The minimum Gasteiger partial charge on any atom is -0.507 e. The van der Waals surface area contributed by atoms with Crippen molar-refractivity contribution < 1.29 is 29.3 Å². The van der Waals surface area contributed by atoms with Gasteiger partial charge in [-0.1, -0.05) is 18.2 Å². The maximum absolute atomic E-state index is 12.4. The Bertz CT molecular complexity index is 847. The normalized spacial score (nSPS) is 16.5. The first-order chi connectivity index (χ1) is 12.4. The zero-order chi connectivity index (χ0) is 18.8. The van der Waals surface area contributed by atoms with Crippen LogP contribution in [0.25, 0.3) is 0 Å². The molecular weight excluding hydrogens is 340 g/mol. The van der Waals surface area contributed by atoms with Crippen molar-refractivity contribution in [3.05, 3.63) is 47.5 Å². The molecule has 0 saturated heterocycles. The van der Waals surface area contributed by atoms with E-state index in [1.165, 1.54) is 18.2 Å². The molecule has 26 heavy (non-hydrogen) atoms. The molecule has 0 saturated carbocycles. The van der Waals surface area contributed by atoms with Crippen LogP contribution in [0.3, 0.4) is 0 Å². The van der Waals surface area contributed by atoms with E-state index in [9.17, 15) is 19.8 Å². The Balaban J connectivity index is 2.04. The molecule has 3 rings (SSSR count). The average molecular weight is 358 g/mol. The SMILES string of the molecule is CCOC(=O)C(Nc1cccc2c1OC(=O)C2N)c1c(O)cccc1O. The fraction of sp³-hybridized carbons (Fsp3) is 0.222. The number of nitrogens with one attached hydrogen (secondary N) is 1. The van der Waals surface area contributed by atoms with Gasteiger partial charge < -0.3 is 30.7 Å². The van der Waals surface area contributed by atoms with Gasteiger partial charge in [-0.05, 0) is 25.1 Å². The second-order valence-electron chi connectivity index (χ2n) is 5.66. The van der Waals surface area contributed by atoms with E-state index in [4.69, 9.17) is 15.2 Å². The van der Waals surface area contributed by atoms with Gasteiger partial charge in [-0.15, -0.1) is 0 Å². The minimum absolute atomic E-state index is 0.0443. The zero-order valence-corrected chi connectivity index (χ0v) is 13.9. The van der Waals surface area contributed by atoms with Crippen molar-refractivity contribution in [1.29, 1.82) is 0 Å². The molecule has 2 aromatic rings. The molecule has 0 amide bonds. The third kappa shape index (κ3) is 3.02. The van der Waals surface area contributed by atoms with Crippen molar-refractivity contribution in [2.45, 2.75) is 19.0 Å². The summed E-state index contributed by atoms with van der Waals surface area (Å²) in [6, 6.07) is 6.88. The van der Waals surface area contributed by atoms with Gasteiger partial charge >= 0.3 is 11.9 Å². The van der Waals surface area contributed by atoms with Crippen LogP contribution >= 0.6 is 0 Å². The molecule has 2 unspecified atom stereocenters. The van der Waals surface area contributed by atoms with Gasteiger partial charge in [-0.25, -0.2) is 9.59 Å². The lowest BCUT2D eigenvalue weighted by Gasteiger charge is -2.21. The lowest BCUT2D eigenvalue weighted by Crippen LogP contribution is -2.24. The van der Waals surface area contributed by atoms with Gasteiger partial charge in [0.15, 0.2) is 11.8 Å². The number of hydrogen-bond acceptors (Lipinski definition) is 8. The first-order valence-corrected chi connectivity index (χ1v) is 7.98. The number of carbonyl (C=O) groups excluding carboxylic acids is 2. The highest BCUT2D eigenvalue weighted by atomic mass is 16.5. The van der Waals surface area contributed by atoms with Crippen molar-refractivity contribution in [1.82, 2.24) is 0 Å². The van der Waals surface area contributed by atoms with Crippen LogP contribution in [-0.2, 0) is 14.3 Å². The third-order valence-corrected chi connectivity index (χ3v) is 4.01. The molecule has 0 bridgehead atoms. The fourth-order valence-corrected chi connectivity index (χ4v) is 2.79. The summed E-state index contributed by atoms with van der Waals surface area (Å²) in [6.07, 6.45) is 0. The van der Waals surface area contributed by atoms with Crippen molar-refractivity contribution >= 4 is 17.6 Å². The molecule has 136 valence electrons. The van der Waals surface area contributed by atoms with Crippen LogP contribution in [0.2, 0.25) is 0 Å². The summed E-state index contributed by atoms with van der Waals surface area (Å²) >= 11 is 0. The number of aromatic hydroxyl groups is 2. The average Bonchev–Trinajstić information content (AvgIpc) is 2.89. The number of anilines is 1. The number of nitrogens with two attached hydrogens (primary N) is 1. The number of phenolic OH excluding ortho intramolecular Hbond substituents is 2. The molecule has 1 aliphatic heterocycles. The van der Waals surface area contributed by atoms with E-state index >= 15 is 0 Å². The molecule has 0 aromatic heterocycles. The van der Waals surface area contributed by atoms with E-state index in [-0.39, 0.29) is 29.4 Å². The Morgan fingerprint density at radius 2 is 1.92 bits per heavy atom. The number of carbonyl (C=O) groups is 2. The minimum atomic E-state index is -1.22. The number of ether oxygens (including phenoxy) is 2. The Hall–Kier alpha value is -3.26. The first-order valence-electron chi connectivity index (χ1n) is 7.98.